The van der Waals surface area contributed by atoms with Gasteiger partial charge in [0, 0.05) is 7.05 Å². The van der Waals surface area contributed by atoms with Gasteiger partial charge in [0.25, 0.3) is 0 Å². The predicted octanol–water partition coefficient (Wildman–Crippen LogP) is 3.29. The van der Waals surface area contributed by atoms with Crippen LogP contribution in [-0.4, -0.2) is 79.5 Å². The molecule has 1 fully saturated rings. The quantitative estimate of drug-likeness (QED) is 0.0764. The second kappa shape index (κ2) is 15.2. The van der Waals surface area contributed by atoms with E-state index in [1.807, 2.05) is 30.3 Å². The average Bonchev–Trinajstić information content (AvgIpc) is 2.90. The molecule has 0 bridgehead atoms. The van der Waals surface area contributed by atoms with E-state index in [9.17, 15) is 14.4 Å². The molecule has 12 nitrogen and oxygen atoms in total. The third-order valence-electron chi connectivity index (χ3n) is 5.89. The summed E-state index contributed by atoms with van der Waals surface area (Å²) in [6, 6.07) is 9.76. The summed E-state index contributed by atoms with van der Waals surface area (Å²) in [5, 5.41) is 3.92. The molecule has 1 aromatic carbocycles. The lowest BCUT2D eigenvalue weighted by Gasteiger charge is -2.45. The minimum Gasteiger partial charge on any atom is -0.463 e. The Balaban J connectivity index is 2.24. The molecule has 0 spiro atoms. The van der Waals surface area contributed by atoms with Crippen molar-refractivity contribution in [1.82, 2.24) is 4.90 Å². The highest BCUT2D eigenvalue weighted by Gasteiger charge is 2.47. The minimum absolute atomic E-state index is 0.0362. The Hall–Kier alpha value is -3.64. The highest BCUT2D eigenvalue weighted by atomic mass is 16.7. The van der Waals surface area contributed by atoms with Crippen molar-refractivity contribution < 1.29 is 42.9 Å². The van der Waals surface area contributed by atoms with Gasteiger partial charge in [0.15, 0.2) is 5.84 Å². The molecule has 1 aliphatic rings. The van der Waals surface area contributed by atoms with Crippen LogP contribution in [0.1, 0.15) is 53.0 Å². The Morgan fingerprint density at radius 1 is 1.15 bits per heavy atom. The lowest BCUT2D eigenvalue weighted by molar-refractivity contribution is -0.144. The molecule has 12 heteroatoms. The molecule has 1 saturated heterocycles. The smallest absolute Gasteiger partial charge is 0.410 e. The Morgan fingerprint density at radius 3 is 2.40 bits per heavy atom. The van der Waals surface area contributed by atoms with Gasteiger partial charge in [-0.3, -0.25) is 4.90 Å². The number of rotatable bonds is 12. The zero-order chi connectivity index (χ0) is 29.8. The Morgan fingerprint density at radius 2 is 1.82 bits per heavy atom. The van der Waals surface area contributed by atoms with Crippen LogP contribution in [0.2, 0.25) is 0 Å². The lowest BCUT2D eigenvalue weighted by Crippen LogP contribution is -2.64. The number of nitrogens with two attached hydrogens (primary N) is 1. The summed E-state index contributed by atoms with van der Waals surface area (Å²) in [5.41, 5.74) is 5.39. The van der Waals surface area contributed by atoms with E-state index >= 15 is 0 Å². The summed E-state index contributed by atoms with van der Waals surface area (Å²) < 4.78 is 27.2. The number of likely N-dealkylation sites (N-methyl/N-ethyl adjacent to an activating group) is 1. The van der Waals surface area contributed by atoms with Crippen molar-refractivity contribution in [3.8, 4) is 0 Å². The molecule has 2 rings (SSSR count). The van der Waals surface area contributed by atoms with Gasteiger partial charge < -0.3 is 34.3 Å². The summed E-state index contributed by atoms with van der Waals surface area (Å²) in [6.45, 7) is 9.31. The fraction of sp³-hybridized carbons (Fsp3) is 0.571. The lowest BCUT2D eigenvalue weighted by atomic mass is 9.87. The van der Waals surface area contributed by atoms with E-state index in [2.05, 4.69) is 5.16 Å². The van der Waals surface area contributed by atoms with Crippen LogP contribution in [0.15, 0.2) is 47.3 Å². The second-order valence-electron chi connectivity index (χ2n) is 10.1. The summed E-state index contributed by atoms with van der Waals surface area (Å²) in [5.74, 6) is -2.44. The molecule has 0 saturated carbocycles. The third-order valence-corrected chi connectivity index (χ3v) is 5.89. The number of carbonyl (C=O) groups is 3. The van der Waals surface area contributed by atoms with Crippen LogP contribution in [-0.2, 0) is 44.7 Å². The van der Waals surface area contributed by atoms with Crippen LogP contribution >= 0.6 is 0 Å². The molecular formula is C28H41N3O9. The normalized spacial score (nSPS) is 19.9. The highest BCUT2D eigenvalue weighted by Crippen LogP contribution is 2.31. The van der Waals surface area contributed by atoms with E-state index in [1.54, 1.807) is 34.6 Å². The highest BCUT2D eigenvalue weighted by molar-refractivity contribution is 5.96. The van der Waals surface area contributed by atoms with Gasteiger partial charge in [0.1, 0.15) is 11.1 Å². The van der Waals surface area contributed by atoms with Crippen LogP contribution in [0, 0.1) is 0 Å². The van der Waals surface area contributed by atoms with E-state index in [4.69, 9.17) is 34.3 Å². The van der Waals surface area contributed by atoms with E-state index in [0.717, 1.165) is 11.6 Å². The number of benzene rings is 1. The van der Waals surface area contributed by atoms with E-state index in [-0.39, 0.29) is 31.8 Å². The number of hydrogen-bond acceptors (Lipinski definition) is 10. The maximum absolute atomic E-state index is 13.1. The molecule has 0 aromatic heterocycles. The molecule has 0 unspecified atom stereocenters. The number of oxime groups is 1. The zero-order valence-electron chi connectivity index (χ0n) is 24.1. The van der Waals surface area contributed by atoms with E-state index < -0.39 is 34.9 Å². The average molecular weight is 564 g/mol. The van der Waals surface area contributed by atoms with Gasteiger partial charge in [0.05, 0.1) is 45.2 Å². The molecule has 40 heavy (non-hydrogen) atoms. The monoisotopic (exact) mass is 563 g/mol. The second-order valence-corrected chi connectivity index (χ2v) is 10.1. The van der Waals surface area contributed by atoms with Crippen molar-refractivity contribution in [2.45, 2.75) is 71.3 Å². The fourth-order valence-corrected chi connectivity index (χ4v) is 3.77. The van der Waals surface area contributed by atoms with Gasteiger partial charge in [0.2, 0.25) is 5.76 Å². The van der Waals surface area contributed by atoms with Crippen molar-refractivity contribution in [2.75, 3.05) is 33.5 Å². The summed E-state index contributed by atoms with van der Waals surface area (Å²) in [7, 11) is 1.52. The number of carbonyl (C=O) groups excluding carboxylic acids is 3. The number of ether oxygens (including phenoxy) is 5. The van der Waals surface area contributed by atoms with Gasteiger partial charge >= 0.3 is 18.0 Å². The van der Waals surface area contributed by atoms with Crippen LogP contribution in [0.4, 0.5) is 4.79 Å². The summed E-state index contributed by atoms with van der Waals surface area (Å²) in [4.78, 5) is 43.9. The number of hydrogen-bond donors (Lipinski definition) is 1. The third kappa shape index (κ3) is 9.83. The number of nitrogens with zero attached hydrogens (tertiary/aromatic N) is 2. The standard InChI is InChI=1S/C28H41N3O9/c1-7-36-23(32)16-22(24(33)37-8-2)40-30-25(29)28(31(6)26(34)39-27(3,4)5)15-14-21(38-19-28)18-35-17-20-12-10-9-11-13-20/h9-13,16,21H,7-8,14-15,17-19H2,1-6H3,(H2,29,30)/t21-,28-/m0/s1. The van der Waals surface area contributed by atoms with Crippen molar-refractivity contribution in [3.63, 3.8) is 0 Å². The maximum atomic E-state index is 13.1. The Labute approximate surface area is 235 Å². The first-order valence-corrected chi connectivity index (χ1v) is 13.2. The van der Waals surface area contributed by atoms with Gasteiger partial charge in [-0.1, -0.05) is 35.5 Å². The molecule has 0 radical (unpaired) electrons. The molecule has 0 aliphatic carbocycles. The molecule has 2 N–H and O–H groups in total. The number of amides is 1. The van der Waals surface area contributed by atoms with Gasteiger partial charge in [-0.25, -0.2) is 14.4 Å². The minimum atomic E-state index is -1.28. The van der Waals surface area contributed by atoms with Crippen LogP contribution in [0.5, 0.6) is 0 Å². The first-order valence-electron chi connectivity index (χ1n) is 13.2. The van der Waals surface area contributed by atoms with Crippen LogP contribution < -0.4 is 5.73 Å². The van der Waals surface area contributed by atoms with Crippen LogP contribution in [0.25, 0.3) is 0 Å². The van der Waals surface area contributed by atoms with E-state index in [0.29, 0.717) is 26.1 Å². The maximum Gasteiger partial charge on any atom is 0.410 e. The SMILES string of the molecule is CCOC(=O)C=C(ON=C(N)[C@]1(N(C)C(=O)OC(C)(C)C)CC[C@@H](COCc2ccccc2)OC1)C(=O)OCC. The zero-order valence-corrected chi connectivity index (χ0v) is 24.1. The topological polar surface area (TPSA) is 148 Å². The first kappa shape index (κ1) is 32.6. The first-order chi connectivity index (χ1) is 18.9. The summed E-state index contributed by atoms with van der Waals surface area (Å²) >= 11 is 0. The Bertz CT molecular complexity index is 1040. The van der Waals surface area contributed by atoms with Gasteiger partial charge in [-0.2, -0.15) is 0 Å². The molecule has 1 aromatic rings. The fourth-order valence-electron chi connectivity index (χ4n) is 3.77. The Kier molecular flexibility index (Phi) is 12.4. The molecule has 222 valence electrons. The van der Waals surface area contributed by atoms with Crippen LogP contribution in [0.3, 0.4) is 0 Å². The van der Waals surface area contributed by atoms with Gasteiger partial charge in [-0.05, 0) is 53.0 Å². The van der Waals surface area contributed by atoms with Crippen molar-refractivity contribution in [1.29, 1.82) is 0 Å². The summed E-state index contributed by atoms with van der Waals surface area (Å²) in [6.07, 6.45) is 0.718. The molecule has 2 atom stereocenters. The van der Waals surface area contributed by atoms with Gasteiger partial charge in [-0.15, -0.1) is 0 Å². The number of amidine groups is 1. The van der Waals surface area contributed by atoms with Crippen molar-refractivity contribution in [2.24, 2.45) is 10.9 Å². The van der Waals surface area contributed by atoms with Crippen molar-refractivity contribution >= 4 is 23.9 Å². The number of esters is 2. The molecular weight excluding hydrogens is 522 g/mol. The molecule has 1 aliphatic heterocycles. The van der Waals surface area contributed by atoms with Crippen molar-refractivity contribution in [3.05, 3.63) is 47.7 Å². The molecule has 1 amide bonds. The molecule has 1 heterocycles. The van der Waals surface area contributed by atoms with E-state index in [1.165, 1.54) is 11.9 Å². The largest absolute Gasteiger partial charge is 0.463 e. The predicted molar refractivity (Wildman–Crippen MR) is 146 cm³/mol.